The molecule has 20 heavy (non-hydrogen) atoms. The number of anilines is 1. The third-order valence-electron chi connectivity index (χ3n) is 3.79. The fourth-order valence-corrected chi connectivity index (χ4v) is 2.69. The van der Waals surface area contributed by atoms with Crippen LogP contribution in [-0.2, 0) is 4.79 Å². The number of likely N-dealkylation sites (tertiary alicyclic amines) is 1. The molecule has 0 bridgehead atoms. The number of primary amides is 1. The molecule has 2 unspecified atom stereocenters. The fraction of sp³-hybridized carbons (Fsp3) is 0.429. The van der Waals surface area contributed by atoms with Crippen molar-refractivity contribution in [1.29, 1.82) is 0 Å². The average molecular weight is 296 g/mol. The Hall–Kier alpha value is -1.75. The van der Waals surface area contributed by atoms with Crippen molar-refractivity contribution in [2.24, 2.45) is 11.7 Å². The van der Waals surface area contributed by atoms with Gasteiger partial charge < -0.3 is 16.4 Å². The predicted octanol–water partition coefficient (Wildman–Crippen LogP) is 1.65. The lowest BCUT2D eigenvalue weighted by atomic mass is 9.92. The third-order valence-corrected chi connectivity index (χ3v) is 4.02. The Bertz CT molecular complexity index is 547. The van der Waals surface area contributed by atoms with Crippen molar-refractivity contribution in [1.82, 2.24) is 4.90 Å². The van der Waals surface area contributed by atoms with E-state index in [1.165, 1.54) is 0 Å². The van der Waals surface area contributed by atoms with Crippen LogP contribution in [0, 0.1) is 5.92 Å². The molecule has 1 aromatic carbocycles. The van der Waals surface area contributed by atoms with Crippen molar-refractivity contribution in [2.45, 2.75) is 25.8 Å². The van der Waals surface area contributed by atoms with Crippen LogP contribution in [-0.4, -0.2) is 29.3 Å². The van der Waals surface area contributed by atoms with Gasteiger partial charge in [0.1, 0.15) is 0 Å². The van der Waals surface area contributed by atoms with Crippen molar-refractivity contribution in [2.75, 3.05) is 12.3 Å². The van der Waals surface area contributed by atoms with Gasteiger partial charge in [0.25, 0.3) is 5.91 Å². The molecule has 4 N–H and O–H groups in total. The maximum Gasteiger partial charge on any atom is 0.256 e. The van der Waals surface area contributed by atoms with E-state index in [-0.39, 0.29) is 23.8 Å². The van der Waals surface area contributed by atoms with Crippen LogP contribution < -0.4 is 11.5 Å². The molecular weight excluding hydrogens is 278 g/mol. The molecule has 108 valence electrons. The summed E-state index contributed by atoms with van der Waals surface area (Å²) in [6, 6.07) is 4.86. The van der Waals surface area contributed by atoms with Crippen molar-refractivity contribution in [3.63, 3.8) is 0 Å². The second-order valence-electron chi connectivity index (χ2n) is 5.21. The second-order valence-corrected chi connectivity index (χ2v) is 5.65. The van der Waals surface area contributed by atoms with E-state index in [4.69, 9.17) is 23.1 Å². The van der Waals surface area contributed by atoms with Gasteiger partial charge in [-0.05, 0) is 38.0 Å². The van der Waals surface area contributed by atoms with E-state index in [1.54, 1.807) is 23.1 Å². The number of nitrogens with zero attached hydrogens (tertiary/aromatic N) is 1. The van der Waals surface area contributed by atoms with Crippen molar-refractivity contribution >= 4 is 29.1 Å². The lowest BCUT2D eigenvalue weighted by molar-refractivity contribution is -0.123. The van der Waals surface area contributed by atoms with Crippen LogP contribution in [0.4, 0.5) is 5.69 Å². The lowest BCUT2D eigenvalue weighted by Crippen LogP contribution is -2.48. The quantitative estimate of drug-likeness (QED) is 0.813. The third kappa shape index (κ3) is 2.88. The van der Waals surface area contributed by atoms with Crippen LogP contribution in [0.15, 0.2) is 18.2 Å². The van der Waals surface area contributed by atoms with Crippen molar-refractivity contribution in [3.8, 4) is 0 Å². The molecule has 6 heteroatoms. The molecule has 2 atom stereocenters. The molecular formula is C14H18ClN3O2. The van der Waals surface area contributed by atoms with Gasteiger partial charge in [-0.3, -0.25) is 9.59 Å². The molecule has 5 nitrogen and oxygen atoms in total. The first kappa shape index (κ1) is 14.7. The van der Waals surface area contributed by atoms with Crippen molar-refractivity contribution < 1.29 is 9.59 Å². The van der Waals surface area contributed by atoms with E-state index in [1.807, 2.05) is 6.92 Å². The number of rotatable bonds is 2. The summed E-state index contributed by atoms with van der Waals surface area (Å²) in [7, 11) is 0. The maximum atomic E-state index is 12.6. The Morgan fingerprint density at radius 1 is 1.35 bits per heavy atom. The number of hydrogen-bond acceptors (Lipinski definition) is 3. The lowest BCUT2D eigenvalue weighted by Gasteiger charge is -2.37. The molecule has 1 fully saturated rings. The van der Waals surface area contributed by atoms with E-state index < -0.39 is 0 Å². The van der Waals surface area contributed by atoms with Crippen molar-refractivity contribution in [3.05, 3.63) is 28.8 Å². The zero-order valence-corrected chi connectivity index (χ0v) is 12.1. The number of carbonyl (C=O) groups is 2. The van der Waals surface area contributed by atoms with Crippen LogP contribution in [0.5, 0.6) is 0 Å². The zero-order chi connectivity index (χ0) is 14.9. The molecule has 0 spiro atoms. The van der Waals surface area contributed by atoms with Crippen LogP contribution >= 0.6 is 11.6 Å². The number of halogens is 1. The van der Waals surface area contributed by atoms with Crippen LogP contribution in [0.25, 0.3) is 0 Å². The summed E-state index contributed by atoms with van der Waals surface area (Å²) in [5.74, 6) is -0.833. The summed E-state index contributed by atoms with van der Waals surface area (Å²) in [6.07, 6.45) is 1.48. The molecule has 2 rings (SSSR count). The van der Waals surface area contributed by atoms with E-state index in [0.29, 0.717) is 22.8 Å². The van der Waals surface area contributed by atoms with E-state index >= 15 is 0 Å². The number of hydrogen-bond donors (Lipinski definition) is 2. The normalized spacial score (nSPS) is 22.6. The number of nitrogens with two attached hydrogens (primary N) is 2. The van der Waals surface area contributed by atoms with Gasteiger partial charge in [-0.2, -0.15) is 0 Å². The number of nitrogen functional groups attached to an aromatic ring is 1. The Labute approximate surface area is 122 Å². The number of piperidine rings is 1. The molecule has 0 saturated carbocycles. The average Bonchev–Trinajstić information content (AvgIpc) is 2.38. The van der Waals surface area contributed by atoms with Gasteiger partial charge in [0, 0.05) is 23.3 Å². The molecule has 0 radical (unpaired) electrons. The first-order valence-electron chi connectivity index (χ1n) is 6.55. The summed E-state index contributed by atoms with van der Waals surface area (Å²) in [6.45, 7) is 2.30. The summed E-state index contributed by atoms with van der Waals surface area (Å²) in [5.41, 5.74) is 11.9. The minimum Gasteiger partial charge on any atom is -0.398 e. The highest BCUT2D eigenvalue weighted by atomic mass is 35.5. The first-order valence-corrected chi connectivity index (χ1v) is 6.93. The Morgan fingerprint density at radius 3 is 2.65 bits per heavy atom. The molecule has 1 saturated heterocycles. The minimum atomic E-state index is -0.362. The molecule has 1 heterocycles. The van der Waals surface area contributed by atoms with Gasteiger partial charge in [0.2, 0.25) is 5.91 Å². The highest BCUT2D eigenvalue weighted by Crippen LogP contribution is 2.26. The molecule has 1 aliphatic heterocycles. The van der Waals surface area contributed by atoms with E-state index in [0.717, 1.165) is 12.8 Å². The van der Waals surface area contributed by atoms with Gasteiger partial charge in [-0.25, -0.2) is 0 Å². The molecule has 2 amide bonds. The number of carbonyl (C=O) groups excluding carboxylic acids is 2. The van der Waals surface area contributed by atoms with Gasteiger partial charge in [0.15, 0.2) is 0 Å². The summed E-state index contributed by atoms with van der Waals surface area (Å²) < 4.78 is 0. The van der Waals surface area contributed by atoms with Gasteiger partial charge in [-0.1, -0.05) is 11.6 Å². The Morgan fingerprint density at radius 2 is 2.05 bits per heavy atom. The van der Waals surface area contributed by atoms with Crippen LogP contribution in [0.3, 0.4) is 0 Å². The van der Waals surface area contributed by atoms with Gasteiger partial charge >= 0.3 is 0 Å². The molecule has 0 aliphatic carbocycles. The maximum absolute atomic E-state index is 12.6. The smallest absolute Gasteiger partial charge is 0.256 e. The predicted molar refractivity (Wildman–Crippen MR) is 78.3 cm³/mol. The molecule has 0 aromatic heterocycles. The largest absolute Gasteiger partial charge is 0.398 e. The van der Waals surface area contributed by atoms with E-state index in [9.17, 15) is 9.59 Å². The standard InChI is InChI=1S/C14H18ClN3O2/c1-8-2-3-9(13(17)19)7-18(8)14(20)11-5-4-10(15)6-12(11)16/h4-6,8-9H,2-3,7,16H2,1H3,(H2,17,19). The zero-order valence-electron chi connectivity index (χ0n) is 11.3. The Balaban J connectivity index is 2.24. The number of benzene rings is 1. The summed E-state index contributed by atoms with van der Waals surface area (Å²) in [4.78, 5) is 25.5. The minimum absolute atomic E-state index is 0.0631. The fourth-order valence-electron chi connectivity index (χ4n) is 2.51. The molecule has 1 aromatic rings. The molecule has 1 aliphatic rings. The van der Waals surface area contributed by atoms with E-state index in [2.05, 4.69) is 0 Å². The Kier molecular flexibility index (Phi) is 4.18. The number of amides is 2. The summed E-state index contributed by atoms with van der Waals surface area (Å²) >= 11 is 5.83. The monoisotopic (exact) mass is 295 g/mol. The SMILES string of the molecule is CC1CCC(C(N)=O)CN1C(=O)c1ccc(Cl)cc1N. The topological polar surface area (TPSA) is 89.4 Å². The highest BCUT2D eigenvalue weighted by Gasteiger charge is 2.32. The first-order chi connectivity index (χ1) is 9.40. The van der Waals surface area contributed by atoms with Crippen LogP contribution in [0.2, 0.25) is 5.02 Å². The second kappa shape index (κ2) is 5.71. The van der Waals surface area contributed by atoms with Gasteiger partial charge in [-0.15, -0.1) is 0 Å². The van der Waals surface area contributed by atoms with Gasteiger partial charge in [0.05, 0.1) is 11.5 Å². The highest BCUT2D eigenvalue weighted by molar-refractivity contribution is 6.31. The van der Waals surface area contributed by atoms with Crippen LogP contribution in [0.1, 0.15) is 30.1 Å². The summed E-state index contributed by atoms with van der Waals surface area (Å²) in [5, 5.41) is 0.487.